The lowest BCUT2D eigenvalue weighted by Crippen LogP contribution is -2.13. The molecule has 24 heavy (non-hydrogen) atoms. The molecule has 1 aromatic carbocycles. The lowest BCUT2D eigenvalue weighted by atomic mass is 10.0. The van der Waals surface area contributed by atoms with Gasteiger partial charge in [-0.1, -0.05) is 38.1 Å². The van der Waals surface area contributed by atoms with Crippen molar-refractivity contribution in [3.8, 4) is 11.3 Å². The van der Waals surface area contributed by atoms with Crippen LogP contribution in [0.15, 0.2) is 41.9 Å². The number of hydrogen-bond acceptors (Lipinski definition) is 4. The summed E-state index contributed by atoms with van der Waals surface area (Å²) in [6, 6.07) is 10.1. The molecule has 1 amide bonds. The van der Waals surface area contributed by atoms with Crippen molar-refractivity contribution in [2.45, 2.75) is 33.2 Å². The zero-order chi connectivity index (χ0) is 17.1. The Kier molecular flexibility index (Phi) is 4.76. The van der Waals surface area contributed by atoms with Gasteiger partial charge in [-0.05, 0) is 24.5 Å². The van der Waals surface area contributed by atoms with E-state index in [0.29, 0.717) is 16.7 Å². The van der Waals surface area contributed by atoms with Gasteiger partial charge in [0.2, 0.25) is 0 Å². The molecule has 0 fully saturated rings. The number of carbonyl (C=O) groups excluding carboxylic acids is 1. The predicted octanol–water partition coefficient (Wildman–Crippen LogP) is 4.40. The van der Waals surface area contributed by atoms with E-state index >= 15 is 0 Å². The van der Waals surface area contributed by atoms with Crippen LogP contribution in [0.25, 0.3) is 11.3 Å². The fourth-order valence-corrected chi connectivity index (χ4v) is 3.04. The highest BCUT2D eigenvalue weighted by atomic mass is 32.1. The molecule has 1 N–H and O–H groups in total. The van der Waals surface area contributed by atoms with Crippen LogP contribution in [0.2, 0.25) is 0 Å². The first-order chi connectivity index (χ1) is 11.6. The molecular weight excluding hydrogens is 320 g/mol. The molecule has 0 radical (unpaired) electrons. The summed E-state index contributed by atoms with van der Waals surface area (Å²) >= 11 is 1.41. The summed E-state index contributed by atoms with van der Waals surface area (Å²) in [7, 11) is 0. The second-order valence-electron chi connectivity index (χ2n) is 5.83. The third-order valence-electron chi connectivity index (χ3n) is 3.80. The van der Waals surface area contributed by atoms with Gasteiger partial charge in [0.05, 0.1) is 5.69 Å². The van der Waals surface area contributed by atoms with Crippen molar-refractivity contribution in [2.24, 2.45) is 0 Å². The fourth-order valence-electron chi connectivity index (χ4n) is 2.32. The van der Waals surface area contributed by atoms with Crippen molar-refractivity contribution in [1.29, 1.82) is 0 Å². The maximum Gasteiger partial charge on any atom is 0.277 e. The minimum atomic E-state index is -0.238. The molecule has 3 rings (SSSR count). The van der Waals surface area contributed by atoms with Gasteiger partial charge in [0.15, 0.2) is 10.8 Å². The third kappa shape index (κ3) is 3.54. The number of anilines is 1. The molecule has 0 aliphatic heterocycles. The zero-order valence-corrected chi connectivity index (χ0v) is 14.8. The minimum absolute atomic E-state index is 0.238. The van der Waals surface area contributed by atoms with Crippen molar-refractivity contribution in [3.63, 3.8) is 0 Å². The van der Waals surface area contributed by atoms with Crippen LogP contribution < -0.4 is 5.32 Å². The van der Waals surface area contributed by atoms with Crippen LogP contribution in [0.3, 0.4) is 0 Å². The molecule has 0 atom stereocenters. The van der Waals surface area contributed by atoms with Crippen molar-refractivity contribution >= 4 is 22.4 Å². The summed E-state index contributed by atoms with van der Waals surface area (Å²) in [5, 5.41) is 9.53. The van der Waals surface area contributed by atoms with E-state index in [1.165, 1.54) is 16.9 Å². The van der Waals surface area contributed by atoms with E-state index in [1.807, 2.05) is 12.3 Å². The lowest BCUT2D eigenvalue weighted by Gasteiger charge is -2.05. The molecule has 5 nitrogen and oxygen atoms in total. The molecule has 0 spiro atoms. The molecule has 0 aliphatic rings. The van der Waals surface area contributed by atoms with Crippen LogP contribution in [-0.2, 0) is 6.54 Å². The van der Waals surface area contributed by atoms with Gasteiger partial charge < -0.3 is 0 Å². The quantitative estimate of drug-likeness (QED) is 0.749. The predicted molar refractivity (Wildman–Crippen MR) is 97.5 cm³/mol. The second-order valence-corrected chi connectivity index (χ2v) is 6.68. The maximum absolute atomic E-state index is 12.2. The highest BCUT2D eigenvalue weighted by Gasteiger charge is 2.12. The van der Waals surface area contributed by atoms with E-state index < -0.39 is 0 Å². The Bertz CT molecular complexity index is 833. The van der Waals surface area contributed by atoms with Gasteiger partial charge in [-0.2, -0.15) is 5.10 Å². The van der Waals surface area contributed by atoms with E-state index in [-0.39, 0.29) is 5.91 Å². The smallest absolute Gasteiger partial charge is 0.277 e. The Morgan fingerprint density at radius 1 is 1.25 bits per heavy atom. The summed E-state index contributed by atoms with van der Waals surface area (Å²) in [6.07, 6.45) is 1.79. The average molecular weight is 340 g/mol. The number of benzene rings is 1. The van der Waals surface area contributed by atoms with E-state index in [2.05, 4.69) is 53.5 Å². The van der Waals surface area contributed by atoms with Gasteiger partial charge in [-0.15, -0.1) is 11.3 Å². The molecule has 0 aliphatic carbocycles. The Morgan fingerprint density at radius 2 is 2.00 bits per heavy atom. The first kappa shape index (κ1) is 16.4. The molecule has 3 aromatic rings. The second kappa shape index (κ2) is 6.97. The molecule has 2 aromatic heterocycles. The van der Waals surface area contributed by atoms with Crippen molar-refractivity contribution in [1.82, 2.24) is 14.8 Å². The summed E-state index contributed by atoms with van der Waals surface area (Å²) in [5.41, 5.74) is 3.61. The van der Waals surface area contributed by atoms with E-state index in [9.17, 15) is 4.79 Å². The van der Waals surface area contributed by atoms with E-state index in [1.54, 1.807) is 16.9 Å². The van der Waals surface area contributed by atoms with Crippen LogP contribution >= 0.6 is 11.3 Å². The Hall–Kier alpha value is -2.47. The van der Waals surface area contributed by atoms with E-state index in [4.69, 9.17) is 0 Å². The van der Waals surface area contributed by atoms with Gasteiger partial charge >= 0.3 is 0 Å². The average Bonchev–Trinajstić information content (AvgIpc) is 3.24. The molecular formula is C18H20N4OS. The molecule has 2 heterocycles. The van der Waals surface area contributed by atoms with Crippen molar-refractivity contribution in [3.05, 3.63) is 53.2 Å². The number of hydrogen-bond donors (Lipinski definition) is 1. The zero-order valence-electron chi connectivity index (χ0n) is 14.0. The molecule has 0 saturated carbocycles. The molecule has 0 bridgehead atoms. The van der Waals surface area contributed by atoms with Crippen LogP contribution in [0.4, 0.5) is 5.13 Å². The van der Waals surface area contributed by atoms with Gasteiger partial charge in [-0.25, -0.2) is 4.98 Å². The highest BCUT2D eigenvalue weighted by Crippen LogP contribution is 2.26. The van der Waals surface area contributed by atoms with Gasteiger partial charge in [0.25, 0.3) is 5.91 Å². The minimum Gasteiger partial charge on any atom is -0.296 e. The van der Waals surface area contributed by atoms with E-state index in [0.717, 1.165) is 17.8 Å². The summed E-state index contributed by atoms with van der Waals surface area (Å²) in [4.78, 5) is 16.7. The number of nitrogens with zero attached hydrogens (tertiary/aromatic N) is 3. The monoisotopic (exact) mass is 340 g/mol. The van der Waals surface area contributed by atoms with Crippen LogP contribution in [0.1, 0.15) is 42.7 Å². The van der Waals surface area contributed by atoms with Gasteiger partial charge in [0, 0.05) is 23.7 Å². The SMILES string of the molecule is CCn1ccc(C(=O)Nc2nc(-c3ccc(C(C)C)cc3)cs2)n1. The van der Waals surface area contributed by atoms with Crippen molar-refractivity contribution < 1.29 is 4.79 Å². The number of aromatic nitrogens is 3. The Morgan fingerprint density at radius 3 is 2.62 bits per heavy atom. The highest BCUT2D eigenvalue weighted by molar-refractivity contribution is 7.14. The topological polar surface area (TPSA) is 59.8 Å². The maximum atomic E-state index is 12.2. The summed E-state index contributed by atoms with van der Waals surface area (Å²) in [5.74, 6) is 0.269. The molecule has 124 valence electrons. The Balaban J connectivity index is 1.72. The summed E-state index contributed by atoms with van der Waals surface area (Å²) < 4.78 is 1.72. The van der Waals surface area contributed by atoms with Crippen LogP contribution in [0, 0.1) is 0 Å². The normalized spacial score (nSPS) is 11.0. The van der Waals surface area contributed by atoms with Crippen LogP contribution in [-0.4, -0.2) is 20.7 Å². The number of aryl methyl sites for hydroxylation is 1. The number of rotatable bonds is 5. The standard InChI is InChI=1S/C18H20N4OS/c1-4-22-10-9-15(21-22)17(23)20-18-19-16(11-24-18)14-7-5-13(6-8-14)12(2)3/h5-12H,4H2,1-3H3,(H,19,20,23). The van der Waals surface area contributed by atoms with Gasteiger partial charge in [-0.3, -0.25) is 14.8 Å². The Labute approximate surface area is 145 Å². The molecule has 0 saturated heterocycles. The molecule has 6 heteroatoms. The van der Waals surface area contributed by atoms with Crippen LogP contribution in [0.5, 0.6) is 0 Å². The van der Waals surface area contributed by atoms with Crippen molar-refractivity contribution in [2.75, 3.05) is 5.32 Å². The first-order valence-electron chi connectivity index (χ1n) is 7.97. The third-order valence-corrected chi connectivity index (χ3v) is 4.55. The lowest BCUT2D eigenvalue weighted by molar-refractivity contribution is 0.102. The number of nitrogens with one attached hydrogen (secondary N) is 1. The number of carbonyl (C=O) groups is 1. The first-order valence-corrected chi connectivity index (χ1v) is 8.85. The number of thiazole rings is 1. The molecule has 0 unspecified atom stereocenters. The van der Waals surface area contributed by atoms with Gasteiger partial charge in [0.1, 0.15) is 0 Å². The number of amides is 1. The fraction of sp³-hybridized carbons (Fsp3) is 0.278. The summed E-state index contributed by atoms with van der Waals surface area (Å²) in [6.45, 7) is 7.06. The largest absolute Gasteiger partial charge is 0.296 e.